The molecule has 2 N–H and O–H groups in total. The van der Waals surface area contributed by atoms with E-state index in [2.05, 4.69) is 20.6 Å². The molecule has 7 heteroatoms. The number of hydrogen-bond donors (Lipinski definition) is 2. The van der Waals surface area contributed by atoms with Crippen molar-refractivity contribution in [1.29, 1.82) is 0 Å². The van der Waals surface area contributed by atoms with Crippen LogP contribution in [-0.2, 0) is 6.54 Å². The fourth-order valence-electron chi connectivity index (χ4n) is 2.65. The molecule has 0 saturated heterocycles. The first-order chi connectivity index (χ1) is 14.7. The Kier molecular flexibility index (Phi) is 7.38. The van der Waals surface area contributed by atoms with Crippen molar-refractivity contribution < 1.29 is 14.3 Å². The Morgan fingerprint density at radius 1 is 1.03 bits per heavy atom. The predicted molar refractivity (Wildman–Crippen MR) is 117 cm³/mol. The average Bonchev–Trinajstić information content (AvgIpc) is 2.79. The summed E-state index contributed by atoms with van der Waals surface area (Å²) < 4.78 is 10.7. The Hall–Kier alpha value is -3.87. The molecule has 0 saturated carbocycles. The van der Waals surface area contributed by atoms with E-state index in [0.717, 1.165) is 11.4 Å². The second kappa shape index (κ2) is 10.6. The van der Waals surface area contributed by atoms with Crippen LogP contribution in [0.5, 0.6) is 11.5 Å². The van der Waals surface area contributed by atoms with Crippen molar-refractivity contribution in [2.75, 3.05) is 19.0 Å². The van der Waals surface area contributed by atoms with Gasteiger partial charge in [-0.15, -0.1) is 0 Å². The standard InChI is InChI=1S/C23H24N4O3/c1-3-30-20-12-10-17(11-13-20)22(28)27-23(25-16-19-7-4-5-14-24-19)26-18-8-6-9-21(15-18)29-2/h4-15H,3,16H2,1-2H3,(H2,25,26,27,28). The van der Waals surface area contributed by atoms with Gasteiger partial charge in [0.05, 0.1) is 26.0 Å². The molecule has 0 radical (unpaired) electrons. The summed E-state index contributed by atoms with van der Waals surface area (Å²) in [4.78, 5) is 21.5. The minimum atomic E-state index is -0.284. The lowest BCUT2D eigenvalue weighted by Gasteiger charge is -2.13. The van der Waals surface area contributed by atoms with Crippen molar-refractivity contribution in [2.45, 2.75) is 13.5 Å². The van der Waals surface area contributed by atoms with Crippen LogP contribution in [0.15, 0.2) is 77.9 Å². The predicted octanol–water partition coefficient (Wildman–Crippen LogP) is 3.89. The number of nitrogens with zero attached hydrogens (tertiary/aromatic N) is 2. The Morgan fingerprint density at radius 2 is 1.87 bits per heavy atom. The molecule has 0 unspecified atom stereocenters. The van der Waals surface area contributed by atoms with E-state index in [-0.39, 0.29) is 5.91 Å². The van der Waals surface area contributed by atoms with E-state index in [1.807, 2.05) is 49.4 Å². The van der Waals surface area contributed by atoms with Gasteiger partial charge in [-0.3, -0.25) is 15.1 Å². The number of carbonyl (C=O) groups is 1. The summed E-state index contributed by atoms with van der Waals surface area (Å²) in [5.41, 5.74) is 2.02. The van der Waals surface area contributed by atoms with Crippen molar-refractivity contribution in [1.82, 2.24) is 10.3 Å². The fourth-order valence-corrected chi connectivity index (χ4v) is 2.65. The molecule has 1 amide bonds. The number of rotatable bonds is 7. The van der Waals surface area contributed by atoms with Gasteiger partial charge >= 0.3 is 0 Å². The number of aromatic nitrogens is 1. The number of benzene rings is 2. The Bertz CT molecular complexity index is 989. The maximum Gasteiger partial charge on any atom is 0.257 e. The van der Waals surface area contributed by atoms with Crippen molar-refractivity contribution in [3.63, 3.8) is 0 Å². The summed E-state index contributed by atoms with van der Waals surface area (Å²) in [6.45, 7) is 2.80. The van der Waals surface area contributed by atoms with Crippen LogP contribution in [0.1, 0.15) is 23.0 Å². The monoisotopic (exact) mass is 404 g/mol. The molecule has 2 aromatic carbocycles. The minimum absolute atomic E-state index is 0.284. The molecular formula is C23H24N4O3. The molecule has 3 rings (SSSR count). The number of hydrogen-bond acceptors (Lipinski definition) is 5. The highest BCUT2D eigenvalue weighted by Gasteiger charge is 2.10. The van der Waals surface area contributed by atoms with E-state index in [4.69, 9.17) is 9.47 Å². The van der Waals surface area contributed by atoms with E-state index in [1.54, 1.807) is 37.6 Å². The van der Waals surface area contributed by atoms with Crippen molar-refractivity contribution >= 4 is 17.6 Å². The lowest BCUT2D eigenvalue weighted by Crippen LogP contribution is -2.36. The normalized spacial score (nSPS) is 10.9. The number of ether oxygens (including phenoxy) is 2. The second-order valence-corrected chi connectivity index (χ2v) is 6.25. The molecule has 3 aromatic rings. The van der Waals surface area contributed by atoms with Gasteiger partial charge in [-0.2, -0.15) is 0 Å². The summed E-state index contributed by atoms with van der Waals surface area (Å²) in [5.74, 6) is 1.44. The van der Waals surface area contributed by atoms with Gasteiger partial charge in [-0.05, 0) is 55.5 Å². The van der Waals surface area contributed by atoms with Gasteiger partial charge in [-0.25, -0.2) is 4.99 Å². The highest BCUT2D eigenvalue weighted by molar-refractivity contribution is 6.10. The first-order valence-electron chi connectivity index (χ1n) is 9.57. The van der Waals surface area contributed by atoms with Gasteiger partial charge in [0.25, 0.3) is 5.91 Å². The third kappa shape index (κ3) is 6.07. The molecule has 0 aliphatic rings. The third-order valence-electron chi connectivity index (χ3n) is 4.12. The van der Waals surface area contributed by atoms with Gasteiger partial charge < -0.3 is 14.8 Å². The number of amides is 1. The highest BCUT2D eigenvalue weighted by atomic mass is 16.5. The lowest BCUT2D eigenvalue weighted by atomic mass is 10.2. The van der Waals surface area contributed by atoms with Gasteiger partial charge in [0.2, 0.25) is 5.96 Å². The SMILES string of the molecule is CCOc1ccc(C(=O)NC(=NCc2ccccn2)Nc2cccc(OC)c2)cc1. The van der Waals surface area contributed by atoms with Crippen molar-refractivity contribution in [2.24, 2.45) is 4.99 Å². The summed E-state index contributed by atoms with van der Waals surface area (Å²) in [7, 11) is 1.60. The van der Waals surface area contributed by atoms with Crippen LogP contribution in [0.25, 0.3) is 0 Å². The lowest BCUT2D eigenvalue weighted by molar-refractivity contribution is 0.0977. The van der Waals surface area contributed by atoms with Crippen LogP contribution in [0.3, 0.4) is 0 Å². The smallest absolute Gasteiger partial charge is 0.257 e. The zero-order valence-electron chi connectivity index (χ0n) is 17.0. The molecule has 0 aliphatic carbocycles. The highest BCUT2D eigenvalue weighted by Crippen LogP contribution is 2.17. The first-order valence-corrected chi connectivity index (χ1v) is 9.57. The number of nitrogens with one attached hydrogen (secondary N) is 2. The van der Waals surface area contributed by atoms with Crippen LogP contribution in [0, 0.1) is 0 Å². The number of carbonyl (C=O) groups excluding carboxylic acids is 1. The summed E-state index contributed by atoms with van der Waals surface area (Å²) in [6, 6.07) is 19.9. The van der Waals surface area contributed by atoms with Gasteiger partial charge in [0, 0.05) is 23.5 Å². The molecule has 0 fully saturated rings. The maximum absolute atomic E-state index is 12.7. The molecule has 154 valence electrons. The van der Waals surface area contributed by atoms with Crippen LogP contribution in [0.4, 0.5) is 5.69 Å². The zero-order chi connectivity index (χ0) is 21.2. The molecule has 0 spiro atoms. The number of methoxy groups -OCH3 is 1. The van der Waals surface area contributed by atoms with E-state index in [1.165, 1.54) is 0 Å². The number of pyridine rings is 1. The summed E-state index contributed by atoms with van der Waals surface area (Å²) in [5, 5.41) is 5.97. The molecule has 30 heavy (non-hydrogen) atoms. The quantitative estimate of drug-likeness (QED) is 0.461. The number of guanidine groups is 1. The Morgan fingerprint density at radius 3 is 2.57 bits per heavy atom. The molecule has 1 aromatic heterocycles. The molecule has 1 heterocycles. The van der Waals surface area contributed by atoms with E-state index < -0.39 is 0 Å². The molecular weight excluding hydrogens is 380 g/mol. The fraction of sp³-hybridized carbons (Fsp3) is 0.174. The van der Waals surface area contributed by atoms with Crippen molar-refractivity contribution in [3.05, 3.63) is 84.2 Å². The number of aliphatic imine (C=N–C) groups is 1. The van der Waals surface area contributed by atoms with Crippen LogP contribution >= 0.6 is 0 Å². The molecule has 0 atom stereocenters. The average molecular weight is 404 g/mol. The Labute approximate surface area is 175 Å². The maximum atomic E-state index is 12.7. The first kappa shape index (κ1) is 20.9. The van der Waals surface area contributed by atoms with Gasteiger partial charge in [0.15, 0.2) is 0 Å². The van der Waals surface area contributed by atoms with Gasteiger partial charge in [0.1, 0.15) is 11.5 Å². The number of anilines is 1. The summed E-state index contributed by atoms with van der Waals surface area (Å²) in [6.07, 6.45) is 1.71. The van der Waals surface area contributed by atoms with Crippen LogP contribution < -0.4 is 20.1 Å². The minimum Gasteiger partial charge on any atom is -0.497 e. The van der Waals surface area contributed by atoms with E-state index in [0.29, 0.717) is 36.2 Å². The second-order valence-electron chi connectivity index (χ2n) is 6.25. The summed E-state index contributed by atoms with van der Waals surface area (Å²) >= 11 is 0. The Balaban J connectivity index is 1.77. The molecule has 0 aliphatic heterocycles. The third-order valence-corrected chi connectivity index (χ3v) is 4.12. The van der Waals surface area contributed by atoms with Crippen LogP contribution in [-0.4, -0.2) is 30.6 Å². The van der Waals surface area contributed by atoms with Gasteiger partial charge in [-0.1, -0.05) is 12.1 Å². The van der Waals surface area contributed by atoms with E-state index >= 15 is 0 Å². The van der Waals surface area contributed by atoms with Crippen LogP contribution in [0.2, 0.25) is 0 Å². The largest absolute Gasteiger partial charge is 0.497 e. The van der Waals surface area contributed by atoms with Crippen molar-refractivity contribution in [3.8, 4) is 11.5 Å². The van der Waals surface area contributed by atoms with E-state index in [9.17, 15) is 4.79 Å². The molecule has 7 nitrogen and oxygen atoms in total. The zero-order valence-corrected chi connectivity index (χ0v) is 17.0. The topological polar surface area (TPSA) is 84.8 Å². The molecule has 0 bridgehead atoms.